The monoisotopic (exact) mass is 411 g/mol. The number of thioether (sulfide) groups is 1. The number of aromatic nitrogens is 4. The van der Waals surface area contributed by atoms with Crippen LogP contribution >= 0.6 is 11.8 Å². The van der Waals surface area contributed by atoms with Crippen molar-refractivity contribution in [1.82, 2.24) is 25.1 Å². The zero-order valence-corrected chi connectivity index (χ0v) is 17.6. The van der Waals surface area contributed by atoms with Crippen molar-refractivity contribution >= 4 is 17.7 Å². The first-order valence-corrected chi connectivity index (χ1v) is 10.4. The Labute approximate surface area is 174 Å². The van der Waals surface area contributed by atoms with E-state index in [-0.39, 0.29) is 11.2 Å². The van der Waals surface area contributed by atoms with E-state index in [1.54, 1.807) is 19.5 Å². The van der Waals surface area contributed by atoms with Gasteiger partial charge < -0.3 is 14.6 Å². The summed E-state index contributed by atoms with van der Waals surface area (Å²) in [6.07, 6.45) is 4.23. The fourth-order valence-corrected chi connectivity index (χ4v) is 3.79. The standard InChI is InChI=1S/C21H25N5O2S/c1-4-26-19(17-10-12-22-13-11-17)24-25-21(26)29-15(2)20(27)23-14-9-16-5-7-18(28-3)8-6-16/h5-8,10-13,15H,4,9,14H2,1-3H3,(H,23,27)/t15-/m1/s1. The number of ether oxygens (including phenoxy) is 1. The van der Waals surface area contributed by atoms with E-state index in [4.69, 9.17) is 4.74 Å². The van der Waals surface area contributed by atoms with Crippen molar-refractivity contribution in [1.29, 1.82) is 0 Å². The van der Waals surface area contributed by atoms with E-state index >= 15 is 0 Å². The Morgan fingerprint density at radius 3 is 2.55 bits per heavy atom. The Hall–Kier alpha value is -2.87. The number of carbonyl (C=O) groups excluding carboxylic acids is 1. The van der Waals surface area contributed by atoms with E-state index in [9.17, 15) is 4.79 Å². The number of pyridine rings is 1. The van der Waals surface area contributed by atoms with Crippen LogP contribution in [0.3, 0.4) is 0 Å². The number of rotatable bonds is 9. The lowest BCUT2D eigenvalue weighted by Gasteiger charge is -2.13. The highest BCUT2D eigenvalue weighted by atomic mass is 32.2. The van der Waals surface area contributed by atoms with E-state index in [0.29, 0.717) is 6.54 Å². The van der Waals surface area contributed by atoms with Gasteiger partial charge in [0.15, 0.2) is 11.0 Å². The molecule has 29 heavy (non-hydrogen) atoms. The van der Waals surface area contributed by atoms with Crippen LogP contribution in [0, 0.1) is 0 Å². The van der Waals surface area contributed by atoms with Gasteiger partial charge >= 0.3 is 0 Å². The predicted molar refractivity (Wildman–Crippen MR) is 114 cm³/mol. The lowest BCUT2D eigenvalue weighted by atomic mass is 10.1. The second-order valence-corrected chi connectivity index (χ2v) is 7.74. The molecule has 1 N–H and O–H groups in total. The van der Waals surface area contributed by atoms with Crippen molar-refractivity contribution in [3.05, 3.63) is 54.4 Å². The third-order valence-electron chi connectivity index (χ3n) is 4.49. The molecule has 0 aliphatic rings. The largest absolute Gasteiger partial charge is 0.497 e. The molecule has 152 valence electrons. The molecule has 0 aliphatic heterocycles. The fraction of sp³-hybridized carbons (Fsp3) is 0.333. The van der Waals surface area contributed by atoms with Crippen LogP contribution in [0.5, 0.6) is 5.75 Å². The number of benzene rings is 1. The van der Waals surface area contributed by atoms with Gasteiger partial charge in [0.1, 0.15) is 5.75 Å². The summed E-state index contributed by atoms with van der Waals surface area (Å²) in [6.45, 7) is 5.23. The van der Waals surface area contributed by atoms with Crippen LogP contribution < -0.4 is 10.1 Å². The van der Waals surface area contributed by atoms with Gasteiger partial charge in [-0.3, -0.25) is 9.78 Å². The van der Waals surface area contributed by atoms with Gasteiger partial charge in [-0.15, -0.1) is 10.2 Å². The molecule has 2 aromatic heterocycles. The first-order valence-electron chi connectivity index (χ1n) is 9.53. The highest BCUT2D eigenvalue weighted by Crippen LogP contribution is 2.26. The first-order chi connectivity index (χ1) is 14.1. The summed E-state index contributed by atoms with van der Waals surface area (Å²) in [7, 11) is 1.65. The number of nitrogens with one attached hydrogen (secondary N) is 1. The molecule has 1 atom stereocenters. The third-order valence-corrected chi connectivity index (χ3v) is 5.58. The average molecular weight is 412 g/mol. The minimum Gasteiger partial charge on any atom is -0.497 e. The maximum atomic E-state index is 12.5. The number of methoxy groups -OCH3 is 1. The molecule has 0 bridgehead atoms. The minimum absolute atomic E-state index is 0.0142. The normalized spacial score (nSPS) is 11.8. The van der Waals surface area contributed by atoms with Crippen LogP contribution in [-0.2, 0) is 17.8 Å². The van der Waals surface area contributed by atoms with E-state index < -0.39 is 0 Å². The van der Waals surface area contributed by atoms with Gasteiger partial charge in [0.2, 0.25) is 5.91 Å². The summed E-state index contributed by atoms with van der Waals surface area (Å²) in [5.74, 6) is 1.60. The Kier molecular flexibility index (Phi) is 7.24. The second kappa shape index (κ2) is 10.1. The van der Waals surface area contributed by atoms with Crippen LogP contribution in [0.4, 0.5) is 0 Å². The summed E-state index contributed by atoms with van der Waals surface area (Å²) in [5.41, 5.74) is 2.11. The summed E-state index contributed by atoms with van der Waals surface area (Å²) < 4.78 is 7.18. The van der Waals surface area contributed by atoms with Crippen molar-refractivity contribution in [2.45, 2.75) is 37.2 Å². The molecule has 0 saturated heterocycles. The molecule has 1 aromatic carbocycles. The van der Waals surface area contributed by atoms with Gasteiger partial charge in [0, 0.05) is 31.0 Å². The van der Waals surface area contributed by atoms with Crippen LogP contribution in [-0.4, -0.2) is 44.6 Å². The molecule has 0 saturated carbocycles. The first kappa shape index (κ1) is 20.9. The summed E-state index contributed by atoms with van der Waals surface area (Å²) in [4.78, 5) is 16.5. The molecule has 3 aromatic rings. The molecule has 0 fully saturated rings. The highest BCUT2D eigenvalue weighted by molar-refractivity contribution is 8.00. The maximum absolute atomic E-state index is 12.5. The molecule has 0 spiro atoms. The summed E-state index contributed by atoms with van der Waals surface area (Å²) in [6, 6.07) is 11.7. The number of carbonyl (C=O) groups is 1. The smallest absolute Gasteiger partial charge is 0.233 e. The minimum atomic E-state index is -0.273. The summed E-state index contributed by atoms with van der Waals surface area (Å²) in [5, 5.41) is 12.1. The van der Waals surface area contributed by atoms with Crippen LogP contribution in [0.2, 0.25) is 0 Å². The topological polar surface area (TPSA) is 81.9 Å². The quantitative estimate of drug-likeness (QED) is 0.545. The molecule has 0 radical (unpaired) electrons. The van der Waals surface area contributed by atoms with Gasteiger partial charge in [-0.05, 0) is 50.1 Å². The third kappa shape index (κ3) is 5.35. The average Bonchev–Trinajstić information content (AvgIpc) is 3.17. The Morgan fingerprint density at radius 2 is 1.90 bits per heavy atom. The predicted octanol–water partition coefficient (Wildman–Crippen LogP) is 3.21. The van der Waals surface area contributed by atoms with E-state index in [0.717, 1.165) is 40.8 Å². The van der Waals surface area contributed by atoms with Crippen molar-refractivity contribution < 1.29 is 9.53 Å². The molecular weight excluding hydrogens is 386 g/mol. The maximum Gasteiger partial charge on any atom is 0.233 e. The molecule has 1 amide bonds. The van der Waals surface area contributed by atoms with Crippen LogP contribution in [0.1, 0.15) is 19.4 Å². The fourth-order valence-electron chi connectivity index (χ4n) is 2.85. The molecule has 2 heterocycles. The Balaban J connectivity index is 1.56. The molecule has 7 nitrogen and oxygen atoms in total. The van der Waals surface area contributed by atoms with Crippen LogP contribution in [0.25, 0.3) is 11.4 Å². The lowest BCUT2D eigenvalue weighted by molar-refractivity contribution is -0.120. The van der Waals surface area contributed by atoms with Gasteiger partial charge in [0.25, 0.3) is 0 Å². The molecule has 8 heteroatoms. The van der Waals surface area contributed by atoms with Crippen molar-refractivity contribution in [3.8, 4) is 17.1 Å². The zero-order valence-electron chi connectivity index (χ0n) is 16.8. The highest BCUT2D eigenvalue weighted by Gasteiger charge is 2.20. The molecule has 0 unspecified atom stereocenters. The lowest BCUT2D eigenvalue weighted by Crippen LogP contribution is -2.32. The molecule has 3 rings (SSSR count). The zero-order chi connectivity index (χ0) is 20.6. The van der Waals surface area contributed by atoms with Gasteiger partial charge in [-0.25, -0.2) is 0 Å². The van der Waals surface area contributed by atoms with Gasteiger partial charge in [-0.2, -0.15) is 0 Å². The molecule has 0 aliphatic carbocycles. The van der Waals surface area contributed by atoms with E-state index in [1.807, 2.05) is 54.8 Å². The van der Waals surface area contributed by atoms with Crippen molar-refractivity contribution in [2.75, 3.05) is 13.7 Å². The number of hydrogen-bond donors (Lipinski definition) is 1. The van der Waals surface area contributed by atoms with E-state index in [2.05, 4.69) is 20.5 Å². The number of hydrogen-bond acceptors (Lipinski definition) is 6. The summed E-state index contributed by atoms with van der Waals surface area (Å²) >= 11 is 1.41. The Morgan fingerprint density at radius 1 is 1.17 bits per heavy atom. The van der Waals surface area contributed by atoms with Gasteiger partial charge in [-0.1, -0.05) is 23.9 Å². The van der Waals surface area contributed by atoms with Crippen molar-refractivity contribution in [2.24, 2.45) is 0 Å². The Bertz CT molecular complexity index is 928. The number of nitrogens with zero attached hydrogens (tertiary/aromatic N) is 4. The van der Waals surface area contributed by atoms with Crippen LogP contribution in [0.15, 0.2) is 53.9 Å². The molecular formula is C21H25N5O2S. The second-order valence-electron chi connectivity index (χ2n) is 6.44. The van der Waals surface area contributed by atoms with Gasteiger partial charge in [0.05, 0.1) is 12.4 Å². The van der Waals surface area contributed by atoms with E-state index in [1.165, 1.54) is 11.8 Å². The SMILES string of the molecule is CCn1c(S[C@H](C)C(=O)NCCc2ccc(OC)cc2)nnc1-c1ccncc1. The number of amides is 1. The van der Waals surface area contributed by atoms with Crippen molar-refractivity contribution in [3.63, 3.8) is 0 Å².